The molecule has 0 aromatic heterocycles. The van der Waals surface area contributed by atoms with Crippen LogP contribution in [0.25, 0.3) is 0 Å². The number of carbonyl (C=O) groups is 2. The largest absolute Gasteiger partial charge is 0.469 e. The zero-order valence-electron chi connectivity index (χ0n) is 23.1. The lowest BCUT2D eigenvalue weighted by molar-refractivity contribution is -0.535. The molecule has 2 aromatic carbocycles. The monoisotopic (exact) mass is 539 g/mol. The molecule has 2 aromatic rings. The molecule has 2 N–H and O–H groups in total. The van der Waals surface area contributed by atoms with E-state index < -0.39 is 30.1 Å². The minimum atomic E-state index is -1.04. The molecule has 9 nitrogen and oxygen atoms in total. The van der Waals surface area contributed by atoms with Crippen molar-refractivity contribution in [2.24, 2.45) is 11.8 Å². The van der Waals surface area contributed by atoms with Gasteiger partial charge in [0, 0.05) is 17.9 Å². The summed E-state index contributed by atoms with van der Waals surface area (Å²) in [6.45, 7) is 4.79. The summed E-state index contributed by atoms with van der Waals surface area (Å²) in [5, 5.41) is 18.9. The first-order valence-electron chi connectivity index (χ1n) is 13.8. The lowest BCUT2D eigenvalue weighted by atomic mass is 9.80. The molecule has 39 heavy (non-hydrogen) atoms. The molecule has 3 rings (SSSR count). The van der Waals surface area contributed by atoms with Crippen LogP contribution in [0, 0.1) is 22.0 Å². The Balaban J connectivity index is 1.82. The van der Waals surface area contributed by atoms with Crippen LogP contribution in [-0.4, -0.2) is 48.6 Å². The summed E-state index contributed by atoms with van der Waals surface area (Å²) in [5.74, 6) is -1.20. The lowest BCUT2D eigenvalue weighted by Gasteiger charge is -2.32. The highest BCUT2D eigenvalue weighted by atomic mass is 16.6. The molecule has 6 atom stereocenters. The molecule has 212 valence electrons. The summed E-state index contributed by atoms with van der Waals surface area (Å²) in [4.78, 5) is 37.2. The van der Waals surface area contributed by atoms with Crippen molar-refractivity contribution in [1.82, 2.24) is 10.6 Å². The number of carbonyl (C=O) groups excluding carboxylic acids is 2. The van der Waals surface area contributed by atoms with Crippen LogP contribution in [0.15, 0.2) is 60.7 Å². The van der Waals surface area contributed by atoms with Crippen LogP contribution in [0.1, 0.15) is 63.1 Å². The molecular weight excluding hydrogens is 498 g/mol. The van der Waals surface area contributed by atoms with Gasteiger partial charge in [0.1, 0.15) is 6.04 Å². The van der Waals surface area contributed by atoms with Crippen molar-refractivity contribution >= 4 is 11.9 Å². The minimum absolute atomic E-state index is 0.00823. The third kappa shape index (κ3) is 8.34. The summed E-state index contributed by atoms with van der Waals surface area (Å²) < 4.78 is 11.1. The number of nitrogens with one attached hydrogen (secondary N) is 2. The van der Waals surface area contributed by atoms with Gasteiger partial charge in [-0.25, -0.2) is 0 Å². The Hall–Kier alpha value is -3.30. The molecule has 0 bridgehead atoms. The first-order chi connectivity index (χ1) is 18.9. The number of methoxy groups -OCH3 is 1. The second-order valence-electron chi connectivity index (χ2n) is 10.2. The van der Waals surface area contributed by atoms with E-state index in [0.717, 1.165) is 24.0 Å². The van der Waals surface area contributed by atoms with E-state index in [-0.39, 0.29) is 22.7 Å². The Bertz CT molecular complexity index is 1050. The molecular formula is C30H41N3O6. The molecule has 1 aliphatic heterocycles. The smallest absolute Gasteiger partial charge is 0.305 e. The fraction of sp³-hybridized carbons (Fsp3) is 0.533. The molecule has 1 saturated heterocycles. The SMILES string of the molecule is CC[C@H](C)C(OCc1ccccc1)[C@H]1[C@H]([N+](=O)[O-])[C@H](c2ccccc2)N[C@@H]1C(=O)NCCCCCC(=O)OC. The summed E-state index contributed by atoms with van der Waals surface area (Å²) in [5.41, 5.74) is 1.75. The third-order valence-corrected chi connectivity index (χ3v) is 7.62. The second-order valence-corrected chi connectivity index (χ2v) is 10.2. The van der Waals surface area contributed by atoms with Gasteiger partial charge in [-0.1, -0.05) is 87.4 Å². The number of hydrogen-bond acceptors (Lipinski definition) is 7. The predicted molar refractivity (Wildman–Crippen MR) is 148 cm³/mol. The Morgan fingerprint density at radius 2 is 1.72 bits per heavy atom. The normalized spacial score (nSPS) is 22.1. The number of rotatable bonds is 15. The van der Waals surface area contributed by atoms with E-state index in [0.29, 0.717) is 32.4 Å². The van der Waals surface area contributed by atoms with E-state index in [1.807, 2.05) is 74.5 Å². The zero-order chi connectivity index (χ0) is 28.2. The maximum atomic E-state index is 13.6. The van der Waals surface area contributed by atoms with Crippen molar-refractivity contribution in [3.63, 3.8) is 0 Å². The van der Waals surface area contributed by atoms with Gasteiger partial charge in [0.2, 0.25) is 11.9 Å². The van der Waals surface area contributed by atoms with Gasteiger partial charge < -0.3 is 14.8 Å². The highest BCUT2D eigenvalue weighted by Crippen LogP contribution is 2.39. The van der Waals surface area contributed by atoms with Crippen molar-refractivity contribution in [2.75, 3.05) is 13.7 Å². The summed E-state index contributed by atoms with van der Waals surface area (Å²) in [7, 11) is 1.37. The van der Waals surface area contributed by atoms with Gasteiger partial charge in [0.15, 0.2) is 0 Å². The number of ether oxygens (including phenoxy) is 2. The molecule has 1 aliphatic rings. The fourth-order valence-electron chi connectivity index (χ4n) is 5.32. The van der Waals surface area contributed by atoms with Gasteiger partial charge in [-0.15, -0.1) is 0 Å². The number of nitro groups is 1. The van der Waals surface area contributed by atoms with E-state index in [4.69, 9.17) is 4.74 Å². The van der Waals surface area contributed by atoms with Crippen LogP contribution < -0.4 is 10.6 Å². The van der Waals surface area contributed by atoms with Gasteiger partial charge in [0.25, 0.3) is 0 Å². The van der Waals surface area contributed by atoms with Crippen LogP contribution in [0.3, 0.4) is 0 Å². The molecule has 1 heterocycles. The summed E-state index contributed by atoms with van der Waals surface area (Å²) >= 11 is 0. The molecule has 0 aliphatic carbocycles. The van der Waals surface area contributed by atoms with E-state index in [1.54, 1.807) is 0 Å². The first-order valence-corrected chi connectivity index (χ1v) is 13.8. The van der Waals surface area contributed by atoms with Crippen molar-refractivity contribution in [1.29, 1.82) is 0 Å². The maximum Gasteiger partial charge on any atom is 0.305 e. The Morgan fingerprint density at radius 3 is 2.33 bits per heavy atom. The Morgan fingerprint density at radius 1 is 1.05 bits per heavy atom. The van der Waals surface area contributed by atoms with E-state index in [9.17, 15) is 19.7 Å². The van der Waals surface area contributed by atoms with Crippen molar-refractivity contribution in [3.8, 4) is 0 Å². The number of amides is 1. The summed E-state index contributed by atoms with van der Waals surface area (Å²) in [6.07, 6.45) is 2.72. The van der Waals surface area contributed by atoms with Crippen molar-refractivity contribution in [2.45, 2.75) is 76.8 Å². The lowest BCUT2D eigenvalue weighted by Crippen LogP contribution is -2.51. The maximum absolute atomic E-state index is 13.6. The molecule has 0 spiro atoms. The predicted octanol–water partition coefficient (Wildman–Crippen LogP) is 4.44. The average Bonchev–Trinajstić information content (AvgIpc) is 3.36. The minimum Gasteiger partial charge on any atom is -0.469 e. The molecule has 1 unspecified atom stereocenters. The van der Waals surface area contributed by atoms with Crippen LogP contribution in [0.4, 0.5) is 0 Å². The number of unbranched alkanes of at least 4 members (excludes halogenated alkanes) is 2. The van der Waals surface area contributed by atoms with E-state index in [1.165, 1.54) is 7.11 Å². The van der Waals surface area contributed by atoms with Gasteiger partial charge in [-0.3, -0.25) is 25.0 Å². The first kappa shape index (κ1) is 30.2. The number of esters is 1. The van der Waals surface area contributed by atoms with Crippen molar-refractivity contribution in [3.05, 3.63) is 81.9 Å². The molecule has 1 amide bonds. The molecule has 0 saturated carbocycles. The molecule has 1 fully saturated rings. The number of benzene rings is 2. The quantitative estimate of drug-likeness (QED) is 0.149. The zero-order valence-corrected chi connectivity index (χ0v) is 23.1. The number of hydrogen-bond donors (Lipinski definition) is 2. The van der Waals surface area contributed by atoms with Crippen LogP contribution in [0.5, 0.6) is 0 Å². The van der Waals surface area contributed by atoms with Gasteiger partial charge in [-0.2, -0.15) is 0 Å². The summed E-state index contributed by atoms with van der Waals surface area (Å²) in [6, 6.07) is 16.5. The fourth-order valence-corrected chi connectivity index (χ4v) is 5.32. The van der Waals surface area contributed by atoms with Gasteiger partial charge >= 0.3 is 5.97 Å². The van der Waals surface area contributed by atoms with Crippen molar-refractivity contribution < 1.29 is 24.0 Å². The third-order valence-electron chi connectivity index (χ3n) is 7.62. The standard InChI is InChI=1S/C30H41N3O6/c1-4-21(2)29(39-20-22-14-8-5-9-15-22)25-27(30(35)31-19-13-7-12-18-24(34)38-3)32-26(28(25)33(36)37)23-16-10-6-11-17-23/h5-6,8-11,14-17,21,25-29,32H,4,7,12-13,18-20H2,1-3H3,(H,31,35)/t21-,25+,26-,27-,28-,29?/m0/s1. The van der Waals surface area contributed by atoms with Gasteiger partial charge in [0.05, 0.1) is 31.8 Å². The topological polar surface area (TPSA) is 120 Å². The molecule has 0 radical (unpaired) electrons. The average molecular weight is 540 g/mol. The van der Waals surface area contributed by atoms with Gasteiger partial charge in [-0.05, 0) is 29.9 Å². The Kier molecular flexibility index (Phi) is 11.9. The Labute approximate surface area is 230 Å². The number of nitrogens with zero attached hydrogens (tertiary/aromatic N) is 1. The highest BCUT2D eigenvalue weighted by Gasteiger charge is 2.57. The second kappa shape index (κ2) is 15.3. The molecule has 9 heteroatoms. The van der Waals surface area contributed by atoms with E-state index in [2.05, 4.69) is 15.4 Å². The van der Waals surface area contributed by atoms with E-state index >= 15 is 0 Å². The highest BCUT2D eigenvalue weighted by molar-refractivity contribution is 5.83. The van der Waals surface area contributed by atoms with Crippen LogP contribution in [0.2, 0.25) is 0 Å². The van der Waals surface area contributed by atoms with Crippen LogP contribution in [-0.2, 0) is 25.7 Å². The van der Waals surface area contributed by atoms with Crippen LogP contribution >= 0.6 is 0 Å².